The Morgan fingerprint density at radius 1 is 1.12 bits per heavy atom. The van der Waals surface area contributed by atoms with Gasteiger partial charge in [-0.1, -0.05) is 46.9 Å². The molecule has 0 radical (unpaired) electrons. The summed E-state index contributed by atoms with van der Waals surface area (Å²) in [5.74, 6) is 0. The molecule has 1 rings (SSSR count). The highest BCUT2D eigenvalue weighted by atomic mass is 35.6. The molecule has 0 fully saturated rings. The van der Waals surface area contributed by atoms with Gasteiger partial charge in [0.05, 0.1) is 5.56 Å². The molecular formula is C10H8Cl3F3. The fourth-order valence-electron chi connectivity index (χ4n) is 1.40. The molecule has 0 N–H and O–H groups in total. The van der Waals surface area contributed by atoms with Crippen LogP contribution in [-0.2, 0) is 12.6 Å². The first-order valence-electron chi connectivity index (χ1n) is 4.34. The molecule has 0 spiro atoms. The van der Waals surface area contributed by atoms with Gasteiger partial charge in [0.2, 0.25) is 0 Å². The van der Waals surface area contributed by atoms with E-state index in [-0.39, 0.29) is 12.0 Å². The van der Waals surface area contributed by atoms with Crippen molar-refractivity contribution in [1.29, 1.82) is 0 Å². The lowest BCUT2D eigenvalue weighted by Gasteiger charge is -2.16. The summed E-state index contributed by atoms with van der Waals surface area (Å²) in [5, 5.41) is 0. The molecule has 6 heteroatoms. The maximum Gasteiger partial charge on any atom is 0.416 e. The van der Waals surface area contributed by atoms with Gasteiger partial charge < -0.3 is 0 Å². The highest BCUT2D eigenvalue weighted by molar-refractivity contribution is 6.67. The average Bonchev–Trinajstić information content (AvgIpc) is 2.04. The van der Waals surface area contributed by atoms with E-state index in [1.165, 1.54) is 19.1 Å². The Morgan fingerprint density at radius 3 is 2.12 bits per heavy atom. The summed E-state index contributed by atoms with van der Waals surface area (Å²) in [4.78, 5) is 0. The van der Waals surface area contributed by atoms with Crippen LogP contribution in [-0.4, -0.2) is 3.79 Å². The van der Waals surface area contributed by atoms with E-state index in [0.717, 1.165) is 6.07 Å². The van der Waals surface area contributed by atoms with E-state index < -0.39 is 15.5 Å². The first-order valence-corrected chi connectivity index (χ1v) is 5.47. The zero-order chi connectivity index (χ0) is 12.6. The van der Waals surface area contributed by atoms with Crippen molar-refractivity contribution in [3.8, 4) is 0 Å². The Morgan fingerprint density at radius 2 is 1.69 bits per heavy atom. The largest absolute Gasteiger partial charge is 0.416 e. The van der Waals surface area contributed by atoms with Crippen molar-refractivity contribution in [1.82, 2.24) is 0 Å². The number of benzene rings is 1. The van der Waals surface area contributed by atoms with Gasteiger partial charge in [-0.25, -0.2) is 0 Å². The highest BCUT2D eigenvalue weighted by Gasteiger charge is 2.33. The van der Waals surface area contributed by atoms with Crippen molar-refractivity contribution >= 4 is 34.8 Å². The molecule has 0 aliphatic carbocycles. The Kier molecular flexibility index (Phi) is 4.04. The molecule has 0 unspecified atom stereocenters. The molecule has 0 aliphatic rings. The third-order valence-corrected chi connectivity index (χ3v) is 2.54. The van der Waals surface area contributed by atoms with Crippen LogP contribution in [0.2, 0.25) is 0 Å². The van der Waals surface area contributed by atoms with Gasteiger partial charge in [0.15, 0.2) is 3.79 Å². The molecule has 0 atom stereocenters. The molecule has 0 heterocycles. The topological polar surface area (TPSA) is 0 Å². The van der Waals surface area contributed by atoms with Crippen molar-refractivity contribution in [2.24, 2.45) is 0 Å². The number of halogens is 6. The lowest BCUT2D eigenvalue weighted by molar-refractivity contribution is -0.138. The van der Waals surface area contributed by atoms with E-state index >= 15 is 0 Å². The summed E-state index contributed by atoms with van der Waals surface area (Å²) in [6.45, 7) is 1.37. The second-order valence-electron chi connectivity index (χ2n) is 3.38. The lowest BCUT2D eigenvalue weighted by atomic mass is 10.0. The van der Waals surface area contributed by atoms with E-state index in [1.807, 2.05) is 0 Å². The molecular weight excluding hydrogens is 283 g/mol. The second kappa shape index (κ2) is 4.63. The van der Waals surface area contributed by atoms with Gasteiger partial charge in [0.25, 0.3) is 0 Å². The Labute approximate surface area is 106 Å². The maximum absolute atomic E-state index is 12.6. The summed E-state index contributed by atoms with van der Waals surface area (Å²) >= 11 is 16.7. The predicted octanol–water partition coefficient (Wildman–Crippen LogP) is 4.93. The van der Waals surface area contributed by atoms with E-state index in [9.17, 15) is 13.2 Å². The minimum atomic E-state index is -4.38. The smallest absolute Gasteiger partial charge is 0.166 e. The number of hydrogen-bond donors (Lipinski definition) is 0. The molecule has 0 saturated heterocycles. The summed E-state index contributed by atoms with van der Waals surface area (Å²) in [6.07, 6.45) is -4.43. The molecule has 0 aliphatic heterocycles. The van der Waals surface area contributed by atoms with Crippen LogP contribution in [0.15, 0.2) is 18.2 Å². The molecule has 0 bridgehead atoms. The van der Waals surface area contributed by atoms with Gasteiger partial charge in [-0.15, -0.1) is 0 Å². The van der Waals surface area contributed by atoms with Gasteiger partial charge in [0.1, 0.15) is 0 Å². The number of alkyl halides is 6. The monoisotopic (exact) mass is 290 g/mol. The zero-order valence-electron chi connectivity index (χ0n) is 8.21. The first kappa shape index (κ1) is 13.9. The SMILES string of the molecule is Cc1c(CC(Cl)(Cl)Cl)cccc1C(F)(F)F. The van der Waals surface area contributed by atoms with Crippen LogP contribution < -0.4 is 0 Å². The van der Waals surface area contributed by atoms with Crippen molar-refractivity contribution < 1.29 is 13.2 Å². The third-order valence-electron chi connectivity index (χ3n) is 2.14. The van der Waals surface area contributed by atoms with Crippen LogP contribution in [0.4, 0.5) is 13.2 Å². The van der Waals surface area contributed by atoms with Crippen molar-refractivity contribution in [2.75, 3.05) is 0 Å². The van der Waals surface area contributed by atoms with Crippen LogP contribution in [0.1, 0.15) is 16.7 Å². The Bertz CT molecular complexity index is 380. The molecule has 0 aromatic heterocycles. The minimum Gasteiger partial charge on any atom is -0.166 e. The van der Waals surface area contributed by atoms with Crippen LogP contribution in [0.3, 0.4) is 0 Å². The molecule has 90 valence electrons. The number of rotatable bonds is 1. The Hall–Kier alpha value is -0.120. The second-order valence-corrected chi connectivity index (χ2v) is 5.90. The third kappa shape index (κ3) is 3.72. The summed E-state index contributed by atoms with van der Waals surface area (Å²) in [7, 11) is 0. The highest BCUT2D eigenvalue weighted by Crippen LogP contribution is 2.36. The van der Waals surface area contributed by atoms with E-state index in [0.29, 0.717) is 5.56 Å². The van der Waals surface area contributed by atoms with E-state index in [1.54, 1.807) is 0 Å². The summed E-state index contributed by atoms with van der Waals surface area (Å²) in [6, 6.07) is 3.84. The predicted molar refractivity (Wildman–Crippen MR) is 60.2 cm³/mol. The van der Waals surface area contributed by atoms with Gasteiger partial charge in [-0.2, -0.15) is 13.2 Å². The maximum atomic E-state index is 12.6. The number of hydrogen-bond acceptors (Lipinski definition) is 0. The molecule has 1 aromatic carbocycles. The van der Waals surface area contributed by atoms with Gasteiger partial charge >= 0.3 is 6.18 Å². The molecule has 1 aromatic rings. The lowest BCUT2D eigenvalue weighted by Crippen LogP contribution is -2.13. The zero-order valence-corrected chi connectivity index (χ0v) is 10.5. The van der Waals surface area contributed by atoms with Crippen molar-refractivity contribution in [3.05, 3.63) is 34.9 Å². The Balaban J connectivity index is 3.15. The standard InChI is InChI=1S/C10H8Cl3F3/c1-6-7(5-9(11,12)13)3-2-4-8(6)10(14,15)16/h2-4H,5H2,1H3. The van der Waals surface area contributed by atoms with Crippen molar-refractivity contribution in [2.45, 2.75) is 23.3 Å². The fraction of sp³-hybridized carbons (Fsp3) is 0.400. The van der Waals surface area contributed by atoms with E-state index in [4.69, 9.17) is 34.8 Å². The normalized spacial score (nSPS) is 12.9. The molecule has 0 amide bonds. The first-order chi connectivity index (χ1) is 7.11. The van der Waals surface area contributed by atoms with Gasteiger partial charge in [-0.3, -0.25) is 0 Å². The van der Waals surface area contributed by atoms with Gasteiger partial charge in [0, 0.05) is 6.42 Å². The van der Waals surface area contributed by atoms with Gasteiger partial charge in [-0.05, 0) is 24.1 Å². The minimum absolute atomic E-state index is 0.0482. The fourth-order valence-corrected chi connectivity index (χ4v) is 1.83. The molecule has 0 nitrogen and oxygen atoms in total. The van der Waals surface area contributed by atoms with E-state index in [2.05, 4.69) is 0 Å². The van der Waals surface area contributed by atoms with Crippen LogP contribution in [0.25, 0.3) is 0 Å². The summed E-state index contributed by atoms with van der Waals surface area (Å²) < 4.78 is 36.1. The summed E-state index contributed by atoms with van der Waals surface area (Å²) in [5.41, 5.74) is -0.213. The molecule has 0 saturated carbocycles. The van der Waals surface area contributed by atoms with Crippen molar-refractivity contribution in [3.63, 3.8) is 0 Å². The quantitative estimate of drug-likeness (QED) is 0.644. The van der Waals surface area contributed by atoms with Crippen LogP contribution in [0, 0.1) is 6.92 Å². The van der Waals surface area contributed by atoms with Crippen LogP contribution >= 0.6 is 34.8 Å². The van der Waals surface area contributed by atoms with Crippen LogP contribution in [0.5, 0.6) is 0 Å². The average molecular weight is 292 g/mol. The molecule has 16 heavy (non-hydrogen) atoms.